The van der Waals surface area contributed by atoms with E-state index in [1.807, 2.05) is 0 Å². The summed E-state index contributed by atoms with van der Waals surface area (Å²) in [5.74, 6) is 0. The molecule has 2 aromatic rings. The zero-order valence-corrected chi connectivity index (χ0v) is 8.51. The van der Waals surface area contributed by atoms with Crippen molar-refractivity contribution in [2.75, 3.05) is 0 Å². The van der Waals surface area contributed by atoms with Crippen LogP contribution in [0.15, 0.2) is 32.5 Å². The standard InChI is InChI=1S/C7H6N2O3S2/c8-14(10,11)7-5(2-4-13-7)6-1-3-12-9-6/h1-4H,(H2,8,10,11). The molecule has 0 saturated heterocycles. The number of nitrogens with zero attached hydrogens (tertiary/aromatic N) is 1. The molecule has 0 aliphatic rings. The van der Waals surface area contributed by atoms with Gasteiger partial charge in [-0.1, -0.05) is 5.16 Å². The van der Waals surface area contributed by atoms with Crippen molar-refractivity contribution in [2.24, 2.45) is 5.14 Å². The van der Waals surface area contributed by atoms with Crippen LogP contribution in [0.1, 0.15) is 0 Å². The lowest BCUT2D eigenvalue weighted by molar-refractivity contribution is 0.422. The van der Waals surface area contributed by atoms with E-state index in [0.717, 1.165) is 11.3 Å². The highest BCUT2D eigenvalue weighted by Crippen LogP contribution is 2.29. The Morgan fingerprint density at radius 3 is 2.79 bits per heavy atom. The van der Waals surface area contributed by atoms with E-state index in [-0.39, 0.29) is 4.21 Å². The molecule has 7 heteroatoms. The van der Waals surface area contributed by atoms with E-state index in [0.29, 0.717) is 11.3 Å². The topological polar surface area (TPSA) is 86.2 Å². The highest BCUT2D eigenvalue weighted by Gasteiger charge is 2.18. The molecule has 0 aliphatic heterocycles. The third kappa shape index (κ3) is 1.57. The summed E-state index contributed by atoms with van der Waals surface area (Å²) in [4.78, 5) is 0. The number of aromatic nitrogens is 1. The van der Waals surface area contributed by atoms with Gasteiger partial charge in [-0.15, -0.1) is 11.3 Å². The minimum Gasteiger partial charge on any atom is -0.364 e. The molecule has 0 unspecified atom stereocenters. The Bertz CT molecular complexity index is 527. The van der Waals surface area contributed by atoms with Gasteiger partial charge in [0.05, 0.1) is 0 Å². The van der Waals surface area contributed by atoms with Gasteiger partial charge in [0.25, 0.3) is 0 Å². The summed E-state index contributed by atoms with van der Waals surface area (Å²) < 4.78 is 27.0. The maximum atomic E-state index is 11.1. The Balaban J connectivity index is 2.62. The summed E-state index contributed by atoms with van der Waals surface area (Å²) in [6.07, 6.45) is 1.37. The van der Waals surface area contributed by atoms with Crippen molar-refractivity contribution in [3.8, 4) is 11.3 Å². The van der Waals surface area contributed by atoms with E-state index in [1.165, 1.54) is 6.26 Å². The first-order valence-electron chi connectivity index (χ1n) is 3.60. The second-order valence-corrected chi connectivity index (χ2v) is 5.22. The van der Waals surface area contributed by atoms with Gasteiger partial charge in [0, 0.05) is 11.6 Å². The summed E-state index contributed by atoms with van der Waals surface area (Å²) in [6, 6.07) is 3.22. The first kappa shape index (κ1) is 9.38. The Kier molecular flexibility index (Phi) is 2.14. The molecule has 2 N–H and O–H groups in total. The molecule has 0 aliphatic carbocycles. The van der Waals surface area contributed by atoms with E-state index in [4.69, 9.17) is 5.14 Å². The molecule has 0 bridgehead atoms. The highest BCUT2D eigenvalue weighted by atomic mass is 32.2. The van der Waals surface area contributed by atoms with Crippen LogP contribution >= 0.6 is 11.3 Å². The zero-order valence-electron chi connectivity index (χ0n) is 6.88. The summed E-state index contributed by atoms with van der Waals surface area (Å²) in [5, 5.41) is 10.3. The van der Waals surface area contributed by atoms with Crippen molar-refractivity contribution in [3.63, 3.8) is 0 Å². The van der Waals surface area contributed by atoms with E-state index >= 15 is 0 Å². The van der Waals surface area contributed by atoms with Crippen molar-refractivity contribution in [1.29, 1.82) is 0 Å². The first-order chi connectivity index (χ1) is 6.59. The number of hydrogen-bond acceptors (Lipinski definition) is 5. The van der Waals surface area contributed by atoms with Crippen molar-refractivity contribution in [1.82, 2.24) is 5.16 Å². The molecule has 0 aromatic carbocycles. The van der Waals surface area contributed by atoms with Gasteiger partial charge in [-0.3, -0.25) is 0 Å². The number of rotatable bonds is 2. The minimum absolute atomic E-state index is 0.103. The van der Waals surface area contributed by atoms with E-state index < -0.39 is 10.0 Å². The molecular weight excluding hydrogens is 224 g/mol. The van der Waals surface area contributed by atoms with Gasteiger partial charge in [0.1, 0.15) is 16.2 Å². The fourth-order valence-corrected chi connectivity index (χ4v) is 2.87. The predicted molar refractivity (Wildman–Crippen MR) is 51.2 cm³/mol. The van der Waals surface area contributed by atoms with E-state index in [9.17, 15) is 8.42 Å². The quantitative estimate of drug-likeness (QED) is 0.835. The van der Waals surface area contributed by atoms with Crippen molar-refractivity contribution in [2.45, 2.75) is 4.21 Å². The predicted octanol–water partition coefficient (Wildman–Crippen LogP) is 1.05. The van der Waals surface area contributed by atoms with Gasteiger partial charge < -0.3 is 4.52 Å². The van der Waals surface area contributed by atoms with Crippen LogP contribution in [0.25, 0.3) is 11.3 Å². The third-order valence-electron chi connectivity index (χ3n) is 1.60. The lowest BCUT2D eigenvalue weighted by atomic mass is 10.2. The molecule has 2 heterocycles. The smallest absolute Gasteiger partial charge is 0.248 e. The van der Waals surface area contributed by atoms with E-state index in [2.05, 4.69) is 9.68 Å². The second-order valence-electron chi connectivity index (χ2n) is 2.55. The molecule has 0 saturated carbocycles. The molecule has 0 amide bonds. The van der Waals surface area contributed by atoms with Crippen LogP contribution in [0.5, 0.6) is 0 Å². The minimum atomic E-state index is -3.68. The third-order valence-corrected chi connectivity index (χ3v) is 4.03. The Morgan fingerprint density at radius 2 is 2.21 bits per heavy atom. The molecule has 74 valence electrons. The number of thiophene rings is 1. The molecule has 0 spiro atoms. The molecule has 2 rings (SSSR count). The lowest BCUT2D eigenvalue weighted by Crippen LogP contribution is -2.11. The second kappa shape index (κ2) is 3.19. The molecule has 0 fully saturated rings. The van der Waals surface area contributed by atoms with Crippen LogP contribution in [-0.4, -0.2) is 13.6 Å². The van der Waals surface area contributed by atoms with Gasteiger partial charge >= 0.3 is 0 Å². The molecule has 5 nitrogen and oxygen atoms in total. The Hall–Kier alpha value is -1.18. The normalized spacial score (nSPS) is 11.8. The molecular formula is C7H6N2O3S2. The Morgan fingerprint density at radius 1 is 1.43 bits per heavy atom. The number of primary sulfonamides is 1. The van der Waals surface area contributed by atoms with Gasteiger partial charge in [-0.05, 0) is 11.4 Å². The number of sulfonamides is 1. The largest absolute Gasteiger partial charge is 0.364 e. The molecule has 0 atom stereocenters. The van der Waals surface area contributed by atoms with Crippen molar-refractivity contribution in [3.05, 3.63) is 23.8 Å². The number of nitrogens with two attached hydrogens (primary N) is 1. The van der Waals surface area contributed by atoms with Crippen molar-refractivity contribution >= 4 is 21.4 Å². The lowest BCUT2D eigenvalue weighted by Gasteiger charge is -1.95. The maximum Gasteiger partial charge on any atom is 0.248 e. The van der Waals surface area contributed by atoms with Crippen LogP contribution in [0, 0.1) is 0 Å². The fourth-order valence-electron chi connectivity index (χ4n) is 1.06. The average molecular weight is 230 g/mol. The van der Waals surface area contributed by atoms with Crippen LogP contribution in [0.2, 0.25) is 0 Å². The van der Waals surface area contributed by atoms with Gasteiger partial charge in [0.2, 0.25) is 10.0 Å². The molecule has 14 heavy (non-hydrogen) atoms. The fraction of sp³-hybridized carbons (Fsp3) is 0. The summed E-state index contributed by atoms with van der Waals surface area (Å²) in [7, 11) is -3.68. The first-order valence-corrected chi connectivity index (χ1v) is 6.02. The van der Waals surface area contributed by atoms with E-state index in [1.54, 1.807) is 17.5 Å². The number of hydrogen-bond donors (Lipinski definition) is 1. The summed E-state index contributed by atoms with van der Waals surface area (Å²) >= 11 is 1.06. The van der Waals surface area contributed by atoms with Crippen LogP contribution < -0.4 is 5.14 Å². The maximum absolute atomic E-state index is 11.1. The van der Waals surface area contributed by atoms with Crippen LogP contribution in [0.3, 0.4) is 0 Å². The SMILES string of the molecule is NS(=O)(=O)c1sccc1-c1ccon1. The molecule has 2 aromatic heterocycles. The average Bonchev–Trinajstić information content (AvgIpc) is 2.73. The monoisotopic (exact) mass is 230 g/mol. The molecule has 0 radical (unpaired) electrons. The van der Waals surface area contributed by atoms with Crippen LogP contribution in [0.4, 0.5) is 0 Å². The van der Waals surface area contributed by atoms with Crippen molar-refractivity contribution < 1.29 is 12.9 Å². The zero-order chi connectivity index (χ0) is 10.2. The van der Waals surface area contributed by atoms with Gasteiger partial charge in [-0.25, -0.2) is 13.6 Å². The van der Waals surface area contributed by atoms with Crippen LogP contribution in [-0.2, 0) is 10.0 Å². The summed E-state index contributed by atoms with van der Waals surface area (Å²) in [5.41, 5.74) is 0.946. The highest BCUT2D eigenvalue weighted by molar-refractivity contribution is 7.91. The summed E-state index contributed by atoms with van der Waals surface area (Å²) in [6.45, 7) is 0. The van der Waals surface area contributed by atoms with Gasteiger partial charge in [0.15, 0.2) is 0 Å². The van der Waals surface area contributed by atoms with Gasteiger partial charge in [-0.2, -0.15) is 0 Å². The Labute approximate surface area is 84.2 Å².